The summed E-state index contributed by atoms with van der Waals surface area (Å²) < 4.78 is 0. The van der Waals surface area contributed by atoms with E-state index in [-0.39, 0.29) is 23.7 Å². The first-order chi connectivity index (χ1) is 13.0. The molecule has 0 aliphatic heterocycles. The number of rotatable bonds is 6. The minimum absolute atomic E-state index is 0.0793. The Labute approximate surface area is 159 Å². The standard InChI is InChI=1S/C21H28N2O4/c24-19(16-8-4-9-17(12-16)21(26)27)22-13-14-5-3-10-18(11-14)23-20(25)15-6-1-2-7-15/h3,5,10-11,15-17H,1-2,4,6-9,12-13H2,(H,22,24)(H,23,25)(H,26,27). The molecule has 0 heterocycles. The molecule has 0 spiro atoms. The molecule has 1 aromatic rings. The van der Waals surface area contributed by atoms with Gasteiger partial charge in [-0.15, -0.1) is 0 Å². The Balaban J connectivity index is 1.51. The Hall–Kier alpha value is -2.37. The van der Waals surface area contributed by atoms with Crippen LogP contribution in [0.5, 0.6) is 0 Å². The lowest BCUT2D eigenvalue weighted by atomic mass is 9.81. The Morgan fingerprint density at radius 3 is 2.37 bits per heavy atom. The SMILES string of the molecule is O=C(O)C1CCCC(C(=O)NCc2cccc(NC(=O)C3CCCC3)c2)C1. The predicted octanol–water partition coefficient (Wildman–Crippen LogP) is 3.32. The summed E-state index contributed by atoms with van der Waals surface area (Å²) in [6.45, 7) is 0.375. The maximum absolute atomic E-state index is 12.4. The van der Waals surface area contributed by atoms with Crippen molar-refractivity contribution in [1.29, 1.82) is 0 Å². The summed E-state index contributed by atoms with van der Waals surface area (Å²) in [6.07, 6.45) is 6.74. The van der Waals surface area contributed by atoms with Crippen LogP contribution in [0.3, 0.4) is 0 Å². The van der Waals surface area contributed by atoms with E-state index < -0.39 is 11.9 Å². The molecule has 6 nitrogen and oxygen atoms in total. The first-order valence-corrected chi connectivity index (χ1v) is 9.93. The predicted molar refractivity (Wildman–Crippen MR) is 102 cm³/mol. The van der Waals surface area contributed by atoms with Gasteiger partial charge in [0.15, 0.2) is 0 Å². The Kier molecular flexibility index (Phi) is 6.48. The summed E-state index contributed by atoms with van der Waals surface area (Å²) in [4.78, 5) is 35.8. The molecule has 2 atom stereocenters. The number of anilines is 1. The van der Waals surface area contributed by atoms with Crippen LogP contribution in [0.4, 0.5) is 5.69 Å². The van der Waals surface area contributed by atoms with Crippen molar-refractivity contribution in [3.8, 4) is 0 Å². The van der Waals surface area contributed by atoms with Crippen LogP contribution >= 0.6 is 0 Å². The molecule has 3 N–H and O–H groups in total. The zero-order chi connectivity index (χ0) is 19.2. The minimum Gasteiger partial charge on any atom is -0.481 e. The molecule has 0 saturated heterocycles. The van der Waals surface area contributed by atoms with Crippen molar-refractivity contribution in [1.82, 2.24) is 5.32 Å². The quantitative estimate of drug-likeness (QED) is 0.714. The maximum Gasteiger partial charge on any atom is 0.306 e. The third kappa shape index (κ3) is 5.31. The molecule has 2 unspecified atom stereocenters. The van der Waals surface area contributed by atoms with Crippen LogP contribution in [0, 0.1) is 17.8 Å². The number of benzene rings is 1. The van der Waals surface area contributed by atoms with Gasteiger partial charge >= 0.3 is 5.97 Å². The molecule has 6 heteroatoms. The third-order valence-corrected chi connectivity index (χ3v) is 5.78. The zero-order valence-corrected chi connectivity index (χ0v) is 15.6. The minimum atomic E-state index is -0.807. The van der Waals surface area contributed by atoms with E-state index in [1.54, 1.807) is 0 Å². The van der Waals surface area contributed by atoms with Gasteiger partial charge < -0.3 is 15.7 Å². The summed E-state index contributed by atoms with van der Waals surface area (Å²) >= 11 is 0. The second-order valence-electron chi connectivity index (χ2n) is 7.79. The van der Waals surface area contributed by atoms with Gasteiger partial charge in [-0.3, -0.25) is 14.4 Å². The Bertz CT molecular complexity index is 697. The van der Waals surface area contributed by atoms with E-state index in [4.69, 9.17) is 5.11 Å². The summed E-state index contributed by atoms with van der Waals surface area (Å²) in [5, 5.41) is 15.1. The molecule has 146 valence electrons. The molecule has 2 fully saturated rings. The Morgan fingerprint density at radius 1 is 0.926 bits per heavy atom. The molecule has 27 heavy (non-hydrogen) atoms. The van der Waals surface area contributed by atoms with Gasteiger partial charge in [0, 0.05) is 24.1 Å². The van der Waals surface area contributed by atoms with E-state index in [1.807, 2.05) is 24.3 Å². The number of hydrogen-bond donors (Lipinski definition) is 3. The molecule has 2 amide bonds. The number of carboxylic acid groups (broad SMARTS) is 1. The van der Waals surface area contributed by atoms with Crippen LogP contribution in [0.1, 0.15) is 56.9 Å². The smallest absolute Gasteiger partial charge is 0.306 e. The monoisotopic (exact) mass is 372 g/mol. The van der Waals surface area contributed by atoms with Gasteiger partial charge in [-0.1, -0.05) is 31.4 Å². The van der Waals surface area contributed by atoms with Gasteiger partial charge in [0.05, 0.1) is 5.92 Å². The van der Waals surface area contributed by atoms with Gasteiger partial charge in [-0.05, 0) is 49.8 Å². The molecular weight excluding hydrogens is 344 g/mol. The average molecular weight is 372 g/mol. The second-order valence-corrected chi connectivity index (χ2v) is 7.79. The van der Waals surface area contributed by atoms with Crippen LogP contribution in [0.2, 0.25) is 0 Å². The van der Waals surface area contributed by atoms with Crippen molar-refractivity contribution in [2.24, 2.45) is 17.8 Å². The number of hydrogen-bond acceptors (Lipinski definition) is 3. The van der Waals surface area contributed by atoms with Crippen molar-refractivity contribution in [2.45, 2.75) is 57.9 Å². The fraction of sp³-hybridized carbons (Fsp3) is 0.571. The Morgan fingerprint density at radius 2 is 1.63 bits per heavy atom. The highest BCUT2D eigenvalue weighted by Crippen LogP contribution is 2.29. The van der Waals surface area contributed by atoms with E-state index in [0.717, 1.165) is 49.8 Å². The number of nitrogens with one attached hydrogen (secondary N) is 2. The van der Waals surface area contributed by atoms with Crippen molar-refractivity contribution in [3.63, 3.8) is 0 Å². The molecule has 3 rings (SSSR count). The fourth-order valence-electron chi connectivity index (χ4n) is 4.18. The first kappa shape index (κ1) is 19.4. The van der Waals surface area contributed by atoms with Crippen molar-refractivity contribution < 1.29 is 19.5 Å². The summed E-state index contributed by atoms with van der Waals surface area (Å²) in [5.41, 5.74) is 1.67. The summed E-state index contributed by atoms with van der Waals surface area (Å²) in [6, 6.07) is 7.52. The number of carboxylic acids is 1. The van der Waals surface area contributed by atoms with E-state index in [9.17, 15) is 14.4 Å². The lowest BCUT2D eigenvalue weighted by molar-refractivity contribution is -0.144. The van der Waals surface area contributed by atoms with Crippen LogP contribution in [0.15, 0.2) is 24.3 Å². The van der Waals surface area contributed by atoms with Gasteiger partial charge in [0.25, 0.3) is 0 Å². The molecule has 0 bridgehead atoms. The van der Waals surface area contributed by atoms with E-state index >= 15 is 0 Å². The fourth-order valence-corrected chi connectivity index (χ4v) is 4.18. The maximum atomic E-state index is 12.4. The van der Waals surface area contributed by atoms with Crippen LogP contribution in [-0.4, -0.2) is 22.9 Å². The highest BCUT2D eigenvalue weighted by Gasteiger charge is 2.30. The van der Waals surface area contributed by atoms with Gasteiger partial charge in [0.1, 0.15) is 0 Å². The molecule has 2 saturated carbocycles. The molecule has 2 aliphatic carbocycles. The van der Waals surface area contributed by atoms with Gasteiger partial charge in [0.2, 0.25) is 11.8 Å². The topological polar surface area (TPSA) is 95.5 Å². The summed E-state index contributed by atoms with van der Waals surface area (Å²) in [7, 11) is 0. The number of carbonyl (C=O) groups excluding carboxylic acids is 2. The highest BCUT2D eigenvalue weighted by molar-refractivity contribution is 5.92. The lowest BCUT2D eigenvalue weighted by Crippen LogP contribution is -2.35. The third-order valence-electron chi connectivity index (χ3n) is 5.78. The summed E-state index contributed by atoms with van der Waals surface area (Å²) in [5.74, 6) is -1.34. The normalized spacial score (nSPS) is 23.0. The van der Waals surface area contributed by atoms with E-state index in [1.165, 1.54) is 0 Å². The van der Waals surface area contributed by atoms with Gasteiger partial charge in [-0.25, -0.2) is 0 Å². The molecule has 0 radical (unpaired) electrons. The molecule has 1 aromatic carbocycles. The van der Waals surface area contributed by atoms with Crippen molar-refractivity contribution in [2.75, 3.05) is 5.32 Å². The highest BCUT2D eigenvalue weighted by atomic mass is 16.4. The van der Waals surface area contributed by atoms with Gasteiger partial charge in [-0.2, -0.15) is 0 Å². The molecule has 0 aromatic heterocycles. The van der Waals surface area contributed by atoms with Crippen LogP contribution in [0.25, 0.3) is 0 Å². The van der Waals surface area contributed by atoms with Crippen LogP contribution < -0.4 is 10.6 Å². The number of amides is 2. The lowest BCUT2D eigenvalue weighted by Gasteiger charge is -2.25. The van der Waals surface area contributed by atoms with Crippen molar-refractivity contribution >= 4 is 23.5 Å². The molecular formula is C21H28N2O4. The van der Waals surface area contributed by atoms with Crippen molar-refractivity contribution in [3.05, 3.63) is 29.8 Å². The zero-order valence-electron chi connectivity index (χ0n) is 15.6. The average Bonchev–Trinajstić information content (AvgIpc) is 3.21. The molecule has 2 aliphatic rings. The second kappa shape index (κ2) is 9.02. The number of aliphatic carboxylic acids is 1. The first-order valence-electron chi connectivity index (χ1n) is 9.93. The van der Waals surface area contributed by atoms with E-state index in [2.05, 4.69) is 10.6 Å². The largest absolute Gasteiger partial charge is 0.481 e. The van der Waals surface area contributed by atoms with Crippen LogP contribution in [-0.2, 0) is 20.9 Å². The van der Waals surface area contributed by atoms with E-state index in [0.29, 0.717) is 19.4 Å². The number of carbonyl (C=O) groups is 3.